The lowest BCUT2D eigenvalue weighted by molar-refractivity contribution is -0.127. The molecule has 1 aromatic carbocycles. The van der Waals surface area contributed by atoms with Crippen molar-refractivity contribution in [2.24, 2.45) is 0 Å². The van der Waals surface area contributed by atoms with E-state index in [9.17, 15) is 9.90 Å². The average Bonchev–Trinajstić information content (AvgIpc) is 2.38. The van der Waals surface area contributed by atoms with Crippen LogP contribution in [0.1, 0.15) is 25.8 Å². The van der Waals surface area contributed by atoms with Gasteiger partial charge in [-0.25, -0.2) is 0 Å². The van der Waals surface area contributed by atoms with E-state index in [0.29, 0.717) is 13.0 Å². The van der Waals surface area contributed by atoms with Gasteiger partial charge in [-0.05, 0) is 18.9 Å². The van der Waals surface area contributed by atoms with Crippen LogP contribution in [0.5, 0.6) is 0 Å². The van der Waals surface area contributed by atoms with Crippen LogP contribution in [0.2, 0.25) is 0 Å². The summed E-state index contributed by atoms with van der Waals surface area (Å²) in [5.41, 5.74) is 0.181. The quantitative estimate of drug-likeness (QED) is 0.771. The topological polar surface area (TPSA) is 58.6 Å². The fourth-order valence-corrected chi connectivity index (χ4v) is 1.30. The molecule has 0 spiro atoms. The number of rotatable bonds is 7. The number of carbonyl (C=O) groups excluding carboxylic acids is 1. The molecule has 0 saturated heterocycles. The first-order valence-electron chi connectivity index (χ1n) is 6.14. The highest BCUT2D eigenvalue weighted by Gasteiger charge is 2.18. The van der Waals surface area contributed by atoms with Crippen molar-refractivity contribution in [3.8, 4) is 0 Å². The van der Waals surface area contributed by atoms with Gasteiger partial charge < -0.3 is 15.2 Å². The minimum atomic E-state index is -0.852. The first-order valence-corrected chi connectivity index (χ1v) is 6.14. The van der Waals surface area contributed by atoms with Gasteiger partial charge in [0.25, 0.3) is 0 Å². The summed E-state index contributed by atoms with van der Waals surface area (Å²) in [5.74, 6) is -0.209. The minimum absolute atomic E-state index is 0.00862. The van der Waals surface area contributed by atoms with Crippen LogP contribution in [0.3, 0.4) is 0 Å². The van der Waals surface area contributed by atoms with Crippen LogP contribution in [0.15, 0.2) is 30.3 Å². The Morgan fingerprint density at radius 2 is 2.06 bits per heavy atom. The molecule has 1 aromatic rings. The number of benzene rings is 1. The molecule has 1 amide bonds. The molecule has 1 unspecified atom stereocenters. The van der Waals surface area contributed by atoms with Crippen LogP contribution in [-0.2, 0) is 16.1 Å². The third-order valence-electron chi connectivity index (χ3n) is 2.77. The second-order valence-corrected chi connectivity index (χ2v) is 4.61. The molecule has 0 fully saturated rings. The third kappa shape index (κ3) is 5.80. The predicted octanol–water partition coefficient (Wildman–Crippen LogP) is 1.48. The number of amides is 1. The summed E-state index contributed by atoms with van der Waals surface area (Å²) < 4.78 is 5.29. The van der Waals surface area contributed by atoms with Crippen molar-refractivity contribution < 1.29 is 14.6 Å². The van der Waals surface area contributed by atoms with Crippen LogP contribution in [-0.4, -0.2) is 29.8 Å². The summed E-state index contributed by atoms with van der Waals surface area (Å²) in [6.45, 7) is 4.24. The zero-order valence-corrected chi connectivity index (χ0v) is 11.0. The molecule has 0 aliphatic heterocycles. The maximum Gasteiger partial charge on any atom is 0.246 e. The van der Waals surface area contributed by atoms with E-state index in [1.54, 1.807) is 6.92 Å². The minimum Gasteiger partial charge on any atom is -0.388 e. The van der Waals surface area contributed by atoms with Gasteiger partial charge in [0.2, 0.25) is 5.91 Å². The van der Waals surface area contributed by atoms with Gasteiger partial charge in [-0.3, -0.25) is 4.79 Å². The van der Waals surface area contributed by atoms with Crippen LogP contribution < -0.4 is 5.32 Å². The van der Waals surface area contributed by atoms with Crippen LogP contribution >= 0.6 is 0 Å². The Kier molecular flexibility index (Phi) is 5.82. The molecule has 1 atom stereocenters. The van der Waals surface area contributed by atoms with Gasteiger partial charge in [0.15, 0.2) is 0 Å². The Labute approximate surface area is 108 Å². The smallest absolute Gasteiger partial charge is 0.246 e. The van der Waals surface area contributed by atoms with E-state index in [2.05, 4.69) is 5.32 Å². The zero-order valence-electron chi connectivity index (χ0n) is 11.0. The first-order chi connectivity index (χ1) is 8.53. The second-order valence-electron chi connectivity index (χ2n) is 4.61. The highest BCUT2D eigenvalue weighted by atomic mass is 16.5. The summed E-state index contributed by atoms with van der Waals surface area (Å²) in [4.78, 5) is 11.4. The highest BCUT2D eigenvalue weighted by Crippen LogP contribution is 2.05. The van der Waals surface area contributed by atoms with Gasteiger partial charge in [0.05, 0.1) is 12.2 Å². The van der Waals surface area contributed by atoms with E-state index in [-0.39, 0.29) is 19.1 Å². The third-order valence-corrected chi connectivity index (χ3v) is 2.77. The maximum absolute atomic E-state index is 11.4. The zero-order chi connectivity index (χ0) is 13.4. The predicted molar refractivity (Wildman–Crippen MR) is 70.0 cm³/mol. The van der Waals surface area contributed by atoms with Crippen molar-refractivity contribution in [2.45, 2.75) is 32.5 Å². The molecule has 0 aliphatic rings. The van der Waals surface area contributed by atoms with E-state index >= 15 is 0 Å². The summed E-state index contributed by atoms with van der Waals surface area (Å²) in [6.07, 6.45) is 0.595. The summed E-state index contributed by atoms with van der Waals surface area (Å²) in [5, 5.41) is 12.4. The monoisotopic (exact) mass is 251 g/mol. The van der Waals surface area contributed by atoms with Crippen LogP contribution in [0.4, 0.5) is 0 Å². The molecule has 4 heteroatoms. The maximum atomic E-state index is 11.4. The normalized spacial score (nSPS) is 13.9. The molecule has 0 bridgehead atoms. The van der Waals surface area contributed by atoms with Crippen molar-refractivity contribution in [1.82, 2.24) is 5.32 Å². The molecular weight excluding hydrogens is 230 g/mol. The summed E-state index contributed by atoms with van der Waals surface area (Å²) >= 11 is 0. The molecule has 0 aliphatic carbocycles. The Bertz CT molecular complexity index is 363. The highest BCUT2D eigenvalue weighted by molar-refractivity contribution is 5.77. The van der Waals surface area contributed by atoms with Gasteiger partial charge in [-0.2, -0.15) is 0 Å². The molecule has 0 aromatic heterocycles. The van der Waals surface area contributed by atoms with Gasteiger partial charge in [-0.1, -0.05) is 37.3 Å². The van der Waals surface area contributed by atoms with E-state index in [4.69, 9.17) is 4.74 Å². The largest absolute Gasteiger partial charge is 0.388 e. The molecule has 0 radical (unpaired) electrons. The van der Waals surface area contributed by atoms with E-state index in [1.165, 1.54) is 0 Å². The van der Waals surface area contributed by atoms with Crippen molar-refractivity contribution in [3.63, 3.8) is 0 Å². The standard InChI is InChI=1S/C14H21NO3/c1-3-14(2,17)11-15-13(16)10-18-9-12-7-5-4-6-8-12/h4-8,17H,3,9-11H2,1-2H3,(H,15,16). The fraction of sp³-hybridized carbons (Fsp3) is 0.500. The average molecular weight is 251 g/mol. The van der Waals surface area contributed by atoms with Crippen molar-refractivity contribution >= 4 is 5.91 Å². The van der Waals surface area contributed by atoms with Crippen molar-refractivity contribution in [3.05, 3.63) is 35.9 Å². The van der Waals surface area contributed by atoms with Gasteiger partial charge in [-0.15, -0.1) is 0 Å². The van der Waals surface area contributed by atoms with Crippen molar-refractivity contribution in [1.29, 1.82) is 0 Å². The molecule has 100 valence electrons. The second kappa shape index (κ2) is 7.13. The van der Waals surface area contributed by atoms with Crippen molar-refractivity contribution in [2.75, 3.05) is 13.2 Å². The van der Waals surface area contributed by atoms with E-state index in [0.717, 1.165) is 5.56 Å². The molecule has 4 nitrogen and oxygen atoms in total. The van der Waals surface area contributed by atoms with Crippen LogP contribution in [0.25, 0.3) is 0 Å². The number of nitrogens with one attached hydrogen (secondary N) is 1. The van der Waals surface area contributed by atoms with Gasteiger partial charge in [0, 0.05) is 6.54 Å². The SMILES string of the molecule is CCC(C)(O)CNC(=O)COCc1ccccc1. The number of aliphatic hydroxyl groups is 1. The Hall–Kier alpha value is -1.39. The molecule has 0 saturated carbocycles. The number of hydrogen-bond acceptors (Lipinski definition) is 3. The number of ether oxygens (including phenoxy) is 1. The van der Waals surface area contributed by atoms with Crippen LogP contribution in [0, 0.1) is 0 Å². The van der Waals surface area contributed by atoms with Gasteiger partial charge >= 0.3 is 0 Å². The summed E-state index contributed by atoms with van der Waals surface area (Å²) in [6, 6.07) is 9.68. The Morgan fingerprint density at radius 1 is 1.39 bits per heavy atom. The fourth-order valence-electron chi connectivity index (χ4n) is 1.30. The Balaban J connectivity index is 2.18. The summed E-state index contributed by atoms with van der Waals surface area (Å²) in [7, 11) is 0. The number of hydrogen-bond donors (Lipinski definition) is 2. The Morgan fingerprint density at radius 3 is 2.67 bits per heavy atom. The van der Waals surface area contributed by atoms with E-state index < -0.39 is 5.60 Å². The lowest BCUT2D eigenvalue weighted by Gasteiger charge is -2.21. The van der Waals surface area contributed by atoms with Gasteiger partial charge in [0.1, 0.15) is 6.61 Å². The molecule has 18 heavy (non-hydrogen) atoms. The molecule has 1 rings (SSSR count). The lowest BCUT2D eigenvalue weighted by Crippen LogP contribution is -2.41. The van der Waals surface area contributed by atoms with E-state index in [1.807, 2.05) is 37.3 Å². The lowest BCUT2D eigenvalue weighted by atomic mass is 10.0. The molecular formula is C14H21NO3. The molecule has 2 N–H and O–H groups in total. The number of carbonyl (C=O) groups is 1. The molecule has 0 heterocycles. The first kappa shape index (κ1) is 14.7.